The van der Waals surface area contributed by atoms with Crippen LogP contribution in [0.1, 0.15) is 5.69 Å². The molecule has 68 valence electrons. The van der Waals surface area contributed by atoms with E-state index in [0.717, 1.165) is 16.9 Å². The summed E-state index contributed by atoms with van der Waals surface area (Å²) in [4.78, 5) is 3.29. The molecule has 0 amide bonds. The third-order valence-corrected chi connectivity index (χ3v) is 2.27. The van der Waals surface area contributed by atoms with Crippen LogP contribution in [0.25, 0.3) is 10.9 Å². The number of aromatic amines is 1. The first-order valence-corrected chi connectivity index (χ1v) is 4.73. The van der Waals surface area contributed by atoms with Crippen LogP contribution in [0.2, 0.25) is 0 Å². The molecular formula is C10H11ClN2. The van der Waals surface area contributed by atoms with E-state index in [1.54, 1.807) is 0 Å². The van der Waals surface area contributed by atoms with Gasteiger partial charge in [-0.05, 0) is 13.0 Å². The number of aromatic nitrogens is 1. The van der Waals surface area contributed by atoms with Crippen LogP contribution in [0.15, 0.2) is 24.3 Å². The largest absolute Gasteiger partial charge is 0.370 e. The van der Waals surface area contributed by atoms with E-state index in [0.29, 0.717) is 6.00 Å². The Hall–Kier alpha value is -1.15. The topological polar surface area (TPSA) is 27.8 Å². The second kappa shape index (κ2) is 3.30. The molecule has 0 atom stereocenters. The van der Waals surface area contributed by atoms with Crippen molar-refractivity contribution in [3.05, 3.63) is 30.0 Å². The molecule has 2 rings (SSSR count). The number of para-hydroxylation sites is 1. The number of hydrogen-bond donors (Lipinski definition) is 2. The second-order valence-corrected chi connectivity index (χ2v) is 3.25. The van der Waals surface area contributed by atoms with E-state index in [-0.39, 0.29) is 0 Å². The first kappa shape index (κ1) is 8.45. The second-order valence-electron chi connectivity index (χ2n) is 2.98. The number of anilines is 1. The Morgan fingerprint density at radius 2 is 2.15 bits per heavy atom. The molecule has 0 aliphatic heterocycles. The standard InChI is InChI=1S/C10H11ClN2/c1-7-10(12-6-11)8-4-2-3-5-9(8)13-7/h2-5,12-13H,6H2,1H3. The van der Waals surface area contributed by atoms with Crippen LogP contribution in [-0.4, -0.2) is 11.0 Å². The summed E-state index contributed by atoms with van der Waals surface area (Å²) in [7, 11) is 0. The molecule has 0 bridgehead atoms. The molecule has 0 aliphatic rings. The molecule has 13 heavy (non-hydrogen) atoms. The fourth-order valence-electron chi connectivity index (χ4n) is 1.57. The molecule has 0 radical (unpaired) electrons. The molecule has 0 spiro atoms. The molecule has 1 aromatic heterocycles. The lowest BCUT2D eigenvalue weighted by atomic mass is 10.2. The van der Waals surface area contributed by atoms with E-state index in [4.69, 9.17) is 11.6 Å². The van der Waals surface area contributed by atoms with Crippen molar-refractivity contribution in [3.8, 4) is 0 Å². The highest BCUT2D eigenvalue weighted by atomic mass is 35.5. The van der Waals surface area contributed by atoms with E-state index >= 15 is 0 Å². The van der Waals surface area contributed by atoms with Gasteiger partial charge in [-0.25, -0.2) is 0 Å². The van der Waals surface area contributed by atoms with Gasteiger partial charge in [0, 0.05) is 16.6 Å². The average molecular weight is 195 g/mol. The number of rotatable bonds is 2. The van der Waals surface area contributed by atoms with Crippen molar-refractivity contribution in [1.82, 2.24) is 4.98 Å². The molecule has 2 aromatic rings. The predicted octanol–water partition coefficient (Wildman–Crippen LogP) is 3.08. The average Bonchev–Trinajstić information content (AvgIpc) is 2.44. The minimum atomic E-state index is 0.433. The summed E-state index contributed by atoms with van der Waals surface area (Å²) in [6.45, 7) is 2.04. The molecule has 0 saturated carbocycles. The first-order chi connectivity index (χ1) is 6.33. The Bertz CT molecular complexity index is 420. The van der Waals surface area contributed by atoms with Gasteiger partial charge in [-0.15, -0.1) is 11.6 Å². The van der Waals surface area contributed by atoms with E-state index in [9.17, 15) is 0 Å². The van der Waals surface area contributed by atoms with Crippen molar-refractivity contribution < 1.29 is 0 Å². The van der Waals surface area contributed by atoms with Gasteiger partial charge in [0.05, 0.1) is 11.7 Å². The smallest absolute Gasteiger partial charge is 0.0902 e. The van der Waals surface area contributed by atoms with Gasteiger partial charge in [0.15, 0.2) is 0 Å². The van der Waals surface area contributed by atoms with Gasteiger partial charge in [-0.2, -0.15) is 0 Å². The SMILES string of the molecule is Cc1[nH]c2ccccc2c1NCCl. The van der Waals surface area contributed by atoms with Gasteiger partial charge in [0.1, 0.15) is 0 Å². The zero-order chi connectivity index (χ0) is 9.26. The van der Waals surface area contributed by atoms with Gasteiger partial charge < -0.3 is 10.3 Å². The lowest BCUT2D eigenvalue weighted by Crippen LogP contribution is -1.94. The van der Waals surface area contributed by atoms with Gasteiger partial charge in [-0.3, -0.25) is 0 Å². The molecule has 1 heterocycles. The first-order valence-electron chi connectivity index (χ1n) is 4.20. The van der Waals surface area contributed by atoms with Crippen LogP contribution in [0.5, 0.6) is 0 Å². The monoisotopic (exact) mass is 194 g/mol. The summed E-state index contributed by atoms with van der Waals surface area (Å²) >= 11 is 5.64. The number of fused-ring (bicyclic) bond motifs is 1. The number of alkyl halides is 1. The molecule has 2 nitrogen and oxygen atoms in total. The summed E-state index contributed by atoms with van der Waals surface area (Å²) in [5, 5.41) is 4.33. The fraction of sp³-hybridized carbons (Fsp3) is 0.200. The highest BCUT2D eigenvalue weighted by Crippen LogP contribution is 2.26. The summed E-state index contributed by atoms with van der Waals surface area (Å²) in [6, 6.07) is 8.61. The zero-order valence-corrected chi connectivity index (χ0v) is 8.15. The van der Waals surface area contributed by atoms with E-state index in [1.165, 1.54) is 5.39 Å². The number of nitrogens with one attached hydrogen (secondary N) is 2. The predicted molar refractivity (Wildman–Crippen MR) is 57.4 cm³/mol. The van der Waals surface area contributed by atoms with Crippen LogP contribution in [0.4, 0.5) is 5.69 Å². The van der Waals surface area contributed by atoms with Crippen molar-refractivity contribution in [2.45, 2.75) is 6.92 Å². The molecule has 0 saturated heterocycles. The molecule has 2 N–H and O–H groups in total. The summed E-state index contributed by atoms with van der Waals surface area (Å²) in [6.07, 6.45) is 0. The number of halogens is 1. The van der Waals surface area contributed by atoms with Crippen molar-refractivity contribution in [1.29, 1.82) is 0 Å². The zero-order valence-electron chi connectivity index (χ0n) is 7.39. The van der Waals surface area contributed by atoms with Gasteiger partial charge in [-0.1, -0.05) is 18.2 Å². The molecule has 0 aliphatic carbocycles. The van der Waals surface area contributed by atoms with Gasteiger partial charge in [0.25, 0.3) is 0 Å². The summed E-state index contributed by atoms with van der Waals surface area (Å²) in [5.41, 5.74) is 3.38. The van der Waals surface area contributed by atoms with Crippen molar-refractivity contribution in [2.75, 3.05) is 11.3 Å². The molecule has 0 fully saturated rings. The third-order valence-electron chi connectivity index (χ3n) is 2.14. The lowest BCUT2D eigenvalue weighted by molar-refractivity contribution is 1.28. The van der Waals surface area contributed by atoms with Crippen LogP contribution in [-0.2, 0) is 0 Å². The molecule has 1 aromatic carbocycles. The van der Waals surface area contributed by atoms with Crippen LogP contribution in [0, 0.1) is 6.92 Å². The Morgan fingerprint density at radius 1 is 1.38 bits per heavy atom. The third kappa shape index (κ3) is 1.38. The van der Waals surface area contributed by atoms with E-state index < -0.39 is 0 Å². The lowest BCUT2D eigenvalue weighted by Gasteiger charge is -2.00. The number of benzene rings is 1. The van der Waals surface area contributed by atoms with Crippen LogP contribution >= 0.6 is 11.6 Å². The maximum Gasteiger partial charge on any atom is 0.0902 e. The summed E-state index contributed by atoms with van der Waals surface area (Å²) in [5.74, 6) is 0. The number of hydrogen-bond acceptors (Lipinski definition) is 1. The normalized spacial score (nSPS) is 10.6. The fourth-order valence-corrected chi connectivity index (χ4v) is 1.70. The van der Waals surface area contributed by atoms with E-state index in [2.05, 4.69) is 22.4 Å². The molecule has 3 heteroatoms. The highest BCUT2D eigenvalue weighted by Gasteiger charge is 2.05. The van der Waals surface area contributed by atoms with Crippen molar-refractivity contribution in [3.63, 3.8) is 0 Å². The van der Waals surface area contributed by atoms with Crippen LogP contribution in [0.3, 0.4) is 0 Å². The van der Waals surface area contributed by atoms with Crippen molar-refractivity contribution in [2.24, 2.45) is 0 Å². The molecular weight excluding hydrogens is 184 g/mol. The quantitative estimate of drug-likeness (QED) is 0.558. The molecule has 0 unspecified atom stereocenters. The Morgan fingerprint density at radius 3 is 2.92 bits per heavy atom. The Labute approximate surface area is 81.9 Å². The van der Waals surface area contributed by atoms with Gasteiger partial charge >= 0.3 is 0 Å². The minimum absolute atomic E-state index is 0.433. The number of aryl methyl sites for hydroxylation is 1. The van der Waals surface area contributed by atoms with E-state index in [1.807, 2.05) is 19.1 Å². The number of H-pyrrole nitrogens is 1. The Balaban J connectivity index is 2.64. The highest BCUT2D eigenvalue weighted by molar-refractivity contribution is 6.19. The summed E-state index contributed by atoms with van der Waals surface area (Å²) < 4.78 is 0. The van der Waals surface area contributed by atoms with Crippen LogP contribution < -0.4 is 5.32 Å². The Kier molecular flexibility index (Phi) is 2.15. The van der Waals surface area contributed by atoms with Gasteiger partial charge in [0.2, 0.25) is 0 Å². The maximum atomic E-state index is 5.64. The maximum absolute atomic E-state index is 5.64. The van der Waals surface area contributed by atoms with Crippen molar-refractivity contribution >= 4 is 28.2 Å². The minimum Gasteiger partial charge on any atom is -0.370 e.